The van der Waals surface area contributed by atoms with Gasteiger partial charge in [0.25, 0.3) is 5.56 Å². The molecule has 0 unspecified atom stereocenters. The number of rotatable bonds is 3. The lowest BCUT2D eigenvalue weighted by atomic mass is 10.1. The van der Waals surface area contributed by atoms with Crippen molar-refractivity contribution in [1.29, 1.82) is 0 Å². The van der Waals surface area contributed by atoms with Gasteiger partial charge in [-0.05, 0) is 25.0 Å². The van der Waals surface area contributed by atoms with Gasteiger partial charge < -0.3 is 4.74 Å². The zero-order valence-electron chi connectivity index (χ0n) is 12.0. The van der Waals surface area contributed by atoms with E-state index in [9.17, 15) is 9.18 Å². The Morgan fingerprint density at radius 1 is 1.26 bits per heavy atom. The van der Waals surface area contributed by atoms with E-state index in [2.05, 4.69) is 4.85 Å². The predicted octanol–water partition coefficient (Wildman–Crippen LogP) is 3.81. The van der Waals surface area contributed by atoms with Crippen LogP contribution in [0, 0.1) is 12.4 Å². The van der Waals surface area contributed by atoms with Crippen LogP contribution >= 0.6 is 23.2 Å². The van der Waals surface area contributed by atoms with Crippen molar-refractivity contribution in [2.75, 3.05) is 6.73 Å². The number of fused-ring (bicyclic) bond motifs is 1. The van der Waals surface area contributed by atoms with Crippen molar-refractivity contribution < 1.29 is 9.13 Å². The molecule has 0 saturated heterocycles. The van der Waals surface area contributed by atoms with Gasteiger partial charge in [-0.2, -0.15) is 0 Å². The van der Waals surface area contributed by atoms with E-state index in [1.54, 1.807) is 4.68 Å². The highest BCUT2D eigenvalue weighted by Crippen LogP contribution is 2.35. The summed E-state index contributed by atoms with van der Waals surface area (Å²) in [5, 5.41) is 0.238. The van der Waals surface area contributed by atoms with Crippen LogP contribution in [0.5, 0.6) is 5.75 Å². The maximum absolute atomic E-state index is 14.3. The third kappa shape index (κ3) is 2.71. The Bertz CT molecular complexity index is 867. The summed E-state index contributed by atoms with van der Waals surface area (Å²) in [4.78, 5) is 15.6. The lowest BCUT2D eigenvalue weighted by Gasteiger charge is -2.17. The van der Waals surface area contributed by atoms with Crippen LogP contribution in [0.25, 0.3) is 16.0 Å². The summed E-state index contributed by atoms with van der Waals surface area (Å²) in [5.74, 6) is -0.517. The second-order valence-electron chi connectivity index (χ2n) is 5.12. The number of halogens is 3. The van der Waals surface area contributed by atoms with Crippen LogP contribution in [0.3, 0.4) is 0 Å². The van der Waals surface area contributed by atoms with Gasteiger partial charge in [0.2, 0.25) is 0 Å². The molecule has 0 N–H and O–H groups in total. The van der Waals surface area contributed by atoms with Gasteiger partial charge in [0.1, 0.15) is 16.7 Å². The minimum atomic E-state index is -0.660. The number of ether oxygens (including phenoxy) is 1. The summed E-state index contributed by atoms with van der Waals surface area (Å²) in [7, 11) is 0. The Balaban J connectivity index is 2.18. The standard InChI is InChI=1S/C15H12Cl2FN3O2/c1-19-8-23-12-6-9(11(18)7-10(12)16)13-14(17)20-4-2-3-5-21(20)15(13)22/h6-7H,2-5,8H2. The molecule has 5 nitrogen and oxygen atoms in total. The van der Waals surface area contributed by atoms with E-state index < -0.39 is 5.82 Å². The molecule has 0 fully saturated rings. The van der Waals surface area contributed by atoms with E-state index in [1.807, 2.05) is 0 Å². The van der Waals surface area contributed by atoms with Gasteiger partial charge in [0.05, 0.1) is 10.6 Å². The normalized spacial score (nSPS) is 13.5. The van der Waals surface area contributed by atoms with Crippen molar-refractivity contribution in [1.82, 2.24) is 9.36 Å². The second kappa shape index (κ2) is 6.26. The topological polar surface area (TPSA) is 40.5 Å². The van der Waals surface area contributed by atoms with Crippen LogP contribution < -0.4 is 10.3 Å². The van der Waals surface area contributed by atoms with Gasteiger partial charge in [-0.25, -0.2) is 15.6 Å². The lowest BCUT2D eigenvalue weighted by molar-refractivity contribution is 0.356. The highest BCUT2D eigenvalue weighted by Gasteiger charge is 2.25. The SMILES string of the molecule is [C-]#[N+]COc1cc(-c2c(Cl)n3n(c2=O)CCCC3)c(F)cc1Cl. The van der Waals surface area contributed by atoms with Crippen LogP contribution in [0.15, 0.2) is 16.9 Å². The van der Waals surface area contributed by atoms with E-state index in [0.717, 1.165) is 18.9 Å². The number of nitrogens with zero attached hydrogens (tertiary/aromatic N) is 3. The summed E-state index contributed by atoms with van der Waals surface area (Å²) in [6, 6.07) is 2.38. The van der Waals surface area contributed by atoms with Crippen LogP contribution in [-0.2, 0) is 13.1 Å². The second-order valence-corrected chi connectivity index (χ2v) is 5.88. The maximum Gasteiger partial charge on any atom is 0.357 e. The molecule has 2 heterocycles. The molecule has 8 heteroatoms. The number of hydrogen-bond acceptors (Lipinski definition) is 2. The number of hydrogen-bond donors (Lipinski definition) is 0. The molecule has 0 atom stereocenters. The molecule has 2 aromatic rings. The molecule has 1 aromatic heterocycles. The van der Waals surface area contributed by atoms with Crippen molar-refractivity contribution >= 4 is 23.2 Å². The molecule has 3 rings (SSSR count). The minimum absolute atomic E-state index is 0.0266. The first-order valence-corrected chi connectivity index (χ1v) is 7.74. The van der Waals surface area contributed by atoms with Crippen LogP contribution in [-0.4, -0.2) is 16.1 Å². The molecular formula is C15H12Cl2FN3O2. The van der Waals surface area contributed by atoms with Crippen LogP contribution in [0.1, 0.15) is 12.8 Å². The van der Waals surface area contributed by atoms with E-state index in [1.165, 1.54) is 10.7 Å². The first kappa shape index (κ1) is 15.9. The van der Waals surface area contributed by atoms with Crippen molar-refractivity contribution in [3.63, 3.8) is 0 Å². The first-order valence-electron chi connectivity index (χ1n) is 6.99. The van der Waals surface area contributed by atoms with Gasteiger partial charge in [0.15, 0.2) is 0 Å². The van der Waals surface area contributed by atoms with Crippen molar-refractivity contribution in [3.05, 3.63) is 49.9 Å². The van der Waals surface area contributed by atoms with Crippen molar-refractivity contribution in [2.24, 2.45) is 0 Å². The zero-order chi connectivity index (χ0) is 16.6. The summed E-state index contributed by atoms with van der Waals surface area (Å²) in [6.45, 7) is 7.66. The van der Waals surface area contributed by atoms with Crippen LogP contribution in [0.4, 0.5) is 4.39 Å². The van der Waals surface area contributed by atoms with Crippen LogP contribution in [0.2, 0.25) is 10.2 Å². The molecule has 0 amide bonds. The summed E-state index contributed by atoms with van der Waals surface area (Å²) >= 11 is 12.2. The van der Waals surface area contributed by atoms with E-state index >= 15 is 0 Å². The Labute approximate surface area is 141 Å². The molecule has 1 aliphatic rings. The molecule has 0 radical (unpaired) electrons. The Morgan fingerprint density at radius 3 is 2.61 bits per heavy atom. The van der Waals surface area contributed by atoms with E-state index in [4.69, 9.17) is 34.5 Å². The average Bonchev–Trinajstić information content (AvgIpc) is 2.79. The highest BCUT2D eigenvalue weighted by atomic mass is 35.5. The Hall–Kier alpha value is -1.97. The maximum atomic E-state index is 14.3. The largest absolute Gasteiger partial charge is 0.424 e. The van der Waals surface area contributed by atoms with Crippen molar-refractivity contribution in [2.45, 2.75) is 25.9 Å². The number of benzene rings is 1. The fraction of sp³-hybridized carbons (Fsp3) is 0.333. The van der Waals surface area contributed by atoms with Crippen molar-refractivity contribution in [3.8, 4) is 16.9 Å². The highest BCUT2D eigenvalue weighted by molar-refractivity contribution is 6.33. The molecule has 0 bridgehead atoms. The third-order valence-electron chi connectivity index (χ3n) is 3.74. The molecule has 120 valence electrons. The Kier molecular flexibility index (Phi) is 4.33. The molecule has 23 heavy (non-hydrogen) atoms. The minimum Gasteiger partial charge on any atom is -0.424 e. The van der Waals surface area contributed by atoms with E-state index in [0.29, 0.717) is 13.1 Å². The quantitative estimate of drug-likeness (QED) is 0.785. The molecule has 0 saturated carbocycles. The predicted molar refractivity (Wildman–Crippen MR) is 85.4 cm³/mol. The summed E-state index contributed by atoms with van der Waals surface area (Å²) in [6.07, 6.45) is 1.79. The molecule has 0 spiro atoms. The van der Waals surface area contributed by atoms with Gasteiger partial charge >= 0.3 is 6.73 Å². The van der Waals surface area contributed by atoms with E-state index in [-0.39, 0.29) is 39.3 Å². The molecular weight excluding hydrogens is 344 g/mol. The van der Waals surface area contributed by atoms with Gasteiger partial charge in [-0.1, -0.05) is 23.2 Å². The lowest BCUT2D eigenvalue weighted by Crippen LogP contribution is -2.27. The molecule has 0 aliphatic carbocycles. The average molecular weight is 356 g/mol. The fourth-order valence-corrected chi connectivity index (χ4v) is 3.25. The summed E-state index contributed by atoms with van der Waals surface area (Å²) in [5.41, 5.74) is -0.221. The van der Waals surface area contributed by atoms with Gasteiger partial charge in [-0.3, -0.25) is 14.3 Å². The molecule has 1 aromatic carbocycles. The monoisotopic (exact) mass is 355 g/mol. The third-order valence-corrected chi connectivity index (χ3v) is 4.42. The number of aromatic nitrogens is 2. The van der Waals surface area contributed by atoms with Gasteiger partial charge in [-0.15, -0.1) is 0 Å². The zero-order valence-corrected chi connectivity index (χ0v) is 13.5. The Morgan fingerprint density at radius 2 is 1.96 bits per heavy atom. The fourth-order valence-electron chi connectivity index (χ4n) is 2.69. The smallest absolute Gasteiger partial charge is 0.357 e. The summed E-state index contributed by atoms with van der Waals surface area (Å²) < 4.78 is 22.7. The first-order chi connectivity index (χ1) is 11.0. The van der Waals surface area contributed by atoms with Gasteiger partial charge in [0, 0.05) is 18.7 Å². The molecule has 1 aliphatic heterocycles.